The number of ether oxygens (including phenoxy) is 3. The van der Waals surface area contributed by atoms with Crippen molar-refractivity contribution in [2.24, 2.45) is 0 Å². The summed E-state index contributed by atoms with van der Waals surface area (Å²) in [6.07, 6.45) is -4.78. The van der Waals surface area contributed by atoms with E-state index in [0.717, 1.165) is 0 Å². The number of aromatic nitrogens is 2. The summed E-state index contributed by atoms with van der Waals surface area (Å²) in [7, 11) is 0. The molecule has 1 aliphatic carbocycles. The van der Waals surface area contributed by atoms with Crippen LogP contribution in [0.1, 0.15) is 43.1 Å². The largest absolute Gasteiger partial charge is 0.394 e. The third kappa shape index (κ3) is 5.09. The molecule has 3 rings (SSSR count). The lowest BCUT2D eigenvalue weighted by molar-refractivity contribution is -0.384. The Morgan fingerprint density at radius 1 is 1.52 bits per heavy atom. The van der Waals surface area contributed by atoms with E-state index in [2.05, 4.69) is 15.3 Å². The van der Waals surface area contributed by atoms with Crippen LogP contribution < -0.4 is 5.32 Å². The lowest BCUT2D eigenvalue weighted by Gasteiger charge is -2.24. The van der Waals surface area contributed by atoms with Crippen LogP contribution in [-0.2, 0) is 14.2 Å². The molecule has 10 nitrogen and oxygen atoms in total. The number of fused-ring (bicyclic) bond motifs is 1. The van der Waals surface area contributed by atoms with E-state index in [1.54, 1.807) is 13.8 Å². The zero-order valence-electron chi connectivity index (χ0n) is 22.5. The van der Waals surface area contributed by atoms with Crippen molar-refractivity contribution in [2.45, 2.75) is 68.8 Å². The van der Waals surface area contributed by atoms with Gasteiger partial charge in [-0.25, -0.2) is 4.98 Å². The predicted octanol–water partition coefficient (Wildman–Crippen LogP) is 2.62. The lowest BCUT2D eigenvalue weighted by Crippen LogP contribution is -2.35. The second kappa shape index (κ2) is 9.27. The average molecular weight is 456 g/mol. The predicted molar refractivity (Wildman–Crippen MR) is 107 cm³/mol. The second-order valence-electron chi connectivity index (χ2n) is 6.76. The van der Waals surface area contributed by atoms with Crippen molar-refractivity contribution in [3.05, 3.63) is 15.3 Å². The van der Waals surface area contributed by atoms with Crippen molar-refractivity contribution in [3.8, 4) is 0 Å². The molecule has 2 N–H and O–H groups in total. The maximum Gasteiger partial charge on any atom is 0.348 e. The Morgan fingerprint density at radius 2 is 2.28 bits per heavy atom. The van der Waals surface area contributed by atoms with E-state index in [-0.39, 0.29) is 31.4 Å². The van der Waals surface area contributed by atoms with Gasteiger partial charge in [0.25, 0.3) is 0 Å². The highest BCUT2D eigenvalue weighted by Gasteiger charge is 2.55. The fraction of sp³-hybridized carbons (Fsp3) is 0.765. The molecule has 1 saturated carbocycles. The number of aliphatic hydroxyl groups excluding tert-OH is 1. The first-order chi connectivity index (χ1) is 16.4. The molecular formula is C17H25ClN4O6S. The van der Waals surface area contributed by atoms with Crippen LogP contribution in [0.2, 0.25) is 5.15 Å². The molecule has 2 aliphatic rings. The summed E-state index contributed by atoms with van der Waals surface area (Å²) in [5.41, 5.74) is -3.77. The Hall–Kier alpha value is -1.24. The summed E-state index contributed by atoms with van der Waals surface area (Å²) in [6, 6.07) is -0.645. The molecular weight excluding hydrogens is 424 g/mol. The molecule has 0 unspecified atom stereocenters. The Balaban J connectivity index is 1.95. The topological polar surface area (TPSA) is 129 Å². The fourth-order valence-electron chi connectivity index (χ4n) is 3.41. The molecule has 1 aromatic heterocycles. The highest BCUT2D eigenvalue weighted by Crippen LogP contribution is 2.42. The van der Waals surface area contributed by atoms with Gasteiger partial charge in [0, 0.05) is 15.3 Å². The number of nitrogens with one attached hydrogen (secondary N) is 1. The van der Waals surface area contributed by atoms with Gasteiger partial charge in [-0.2, -0.15) is 4.98 Å². The van der Waals surface area contributed by atoms with Gasteiger partial charge in [-0.3, -0.25) is 10.1 Å². The van der Waals surface area contributed by atoms with Crippen molar-refractivity contribution in [1.29, 1.82) is 0 Å². The number of hydrogen-bond acceptors (Lipinski definition) is 10. The zero-order chi connectivity index (χ0) is 27.3. The second-order valence-corrected chi connectivity index (χ2v) is 7.90. The van der Waals surface area contributed by atoms with Crippen molar-refractivity contribution in [3.63, 3.8) is 0 Å². The third-order valence-corrected chi connectivity index (χ3v) is 5.19. The molecule has 1 aromatic rings. The fourth-order valence-corrected chi connectivity index (χ4v) is 4.11. The van der Waals surface area contributed by atoms with Crippen LogP contribution in [0, 0.1) is 10.1 Å². The SMILES string of the molecule is [2H]C([2H])([2H])C([2H])([2H])C([2H])([2H])Sc1nc(Cl)c([N+](=O)[O-])c(N[C@@H]2C[C@H](OCCO)[C@H]3OC(C)(C)O[C@H]32)n1. The van der Waals surface area contributed by atoms with Gasteiger partial charge >= 0.3 is 5.69 Å². The number of aliphatic hydroxyl groups is 1. The van der Waals surface area contributed by atoms with Crippen LogP contribution in [0.5, 0.6) is 0 Å². The van der Waals surface area contributed by atoms with Gasteiger partial charge in [0.1, 0.15) is 12.2 Å². The average Bonchev–Trinajstić information content (AvgIpc) is 3.18. The van der Waals surface area contributed by atoms with E-state index in [1.807, 2.05) is 0 Å². The molecule has 29 heavy (non-hydrogen) atoms. The summed E-state index contributed by atoms with van der Waals surface area (Å²) in [4.78, 5) is 18.6. The van der Waals surface area contributed by atoms with Crippen molar-refractivity contribution < 1.29 is 33.8 Å². The summed E-state index contributed by atoms with van der Waals surface area (Å²) in [5.74, 6) is -1.38. The molecule has 4 atom stereocenters. The van der Waals surface area contributed by atoms with E-state index in [4.69, 9.17) is 40.5 Å². The summed E-state index contributed by atoms with van der Waals surface area (Å²) >= 11 is 6.06. The Bertz CT molecular complexity index is 1000. The minimum Gasteiger partial charge on any atom is -0.394 e. The van der Waals surface area contributed by atoms with Gasteiger partial charge < -0.3 is 24.6 Å². The Labute approximate surface area is 187 Å². The summed E-state index contributed by atoms with van der Waals surface area (Å²) in [6.45, 7) is -0.137. The van der Waals surface area contributed by atoms with E-state index < -0.39 is 75.8 Å². The lowest BCUT2D eigenvalue weighted by atomic mass is 10.2. The van der Waals surface area contributed by atoms with Crippen LogP contribution in [0.4, 0.5) is 11.5 Å². The molecule has 12 heteroatoms. The van der Waals surface area contributed by atoms with E-state index in [1.165, 1.54) is 0 Å². The maximum atomic E-state index is 11.7. The molecule has 162 valence electrons. The molecule has 1 saturated heterocycles. The smallest absolute Gasteiger partial charge is 0.348 e. The monoisotopic (exact) mass is 455 g/mol. The first-order valence-corrected chi connectivity index (χ1v) is 9.85. The molecule has 2 fully saturated rings. The van der Waals surface area contributed by atoms with Crippen molar-refractivity contribution in [2.75, 3.05) is 24.2 Å². The summed E-state index contributed by atoms with van der Waals surface area (Å²) < 4.78 is 71.0. The number of hydrogen-bond donors (Lipinski definition) is 2. The number of nitrogens with zero attached hydrogens (tertiary/aromatic N) is 3. The number of halogens is 1. The highest BCUT2D eigenvalue weighted by atomic mass is 35.5. The Kier molecular flexibility index (Phi) is 4.70. The minimum atomic E-state index is -3.32. The van der Waals surface area contributed by atoms with Crippen molar-refractivity contribution >= 4 is 34.9 Å². The van der Waals surface area contributed by atoms with Gasteiger partial charge in [-0.05, 0) is 26.6 Å². The molecule has 1 aliphatic heterocycles. The highest BCUT2D eigenvalue weighted by molar-refractivity contribution is 7.99. The normalized spacial score (nSPS) is 32.8. The number of thioether (sulfide) groups is 1. The number of rotatable bonds is 9. The van der Waals surface area contributed by atoms with Crippen LogP contribution >= 0.6 is 23.4 Å². The van der Waals surface area contributed by atoms with Crippen LogP contribution in [0.25, 0.3) is 0 Å². The molecule has 0 amide bonds. The molecule has 2 heterocycles. The van der Waals surface area contributed by atoms with E-state index in [0.29, 0.717) is 0 Å². The van der Waals surface area contributed by atoms with E-state index >= 15 is 0 Å². The number of nitro groups is 1. The first-order valence-electron chi connectivity index (χ1n) is 12.2. The first kappa shape index (κ1) is 14.7. The van der Waals surface area contributed by atoms with Gasteiger partial charge in [0.2, 0.25) is 11.0 Å². The minimum absolute atomic E-state index is 0.0330. The van der Waals surface area contributed by atoms with Crippen LogP contribution in [-0.4, -0.2) is 69.1 Å². The van der Waals surface area contributed by atoms with Crippen LogP contribution in [0.15, 0.2) is 5.16 Å². The molecule has 0 radical (unpaired) electrons. The Morgan fingerprint density at radius 3 is 2.97 bits per heavy atom. The van der Waals surface area contributed by atoms with Gasteiger partial charge in [0.05, 0.1) is 30.3 Å². The van der Waals surface area contributed by atoms with Gasteiger partial charge in [0.15, 0.2) is 10.9 Å². The number of anilines is 1. The molecule has 0 spiro atoms. The molecule has 0 bridgehead atoms. The standard InChI is InChI=1S/C17H25ClN4O6S/c1-4-7-29-16-20-14(18)11(22(24)25)15(21-16)19-9-8-10(26-6-5-23)13-12(9)27-17(2,3)28-13/h9-10,12-13,23H,4-8H2,1-3H3,(H,19,20,21)/t9-,10+,12+,13-/m1/s1/i1D3,4D2,7D2. The van der Waals surface area contributed by atoms with Crippen LogP contribution in [0.3, 0.4) is 0 Å². The zero-order valence-corrected chi connectivity index (χ0v) is 17.1. The quantitative estimate of drug-likeness (QED) is 0.188. The van der Waals surface area contributed by atoms with Crippen molar-refractivity contribution in [1.82, 2.24) is 9.97 Å². The van der Waals surface area contributed by atoms with E-state index in [9.17, 15) is 10.1 Å². The third-order valence-electron chi connectivity index (χ3n) is 4.36. The maximum absolute atomic E-state index is 11.7. The molecule has 0 aromatic carbocycles. The van der Waals surface area contributed by atoms with Gasteiger partial charge in [-0.1, -0.05) is 30.2 Å². The van der Waals surface area contributed by atoms with Gasteiger partial charge in [-0.15, -0.1) is 0 Å². The summed E-state index contributed by atoms with van der Waals surface area (Å²) in [5, 5.41) is 22.5.